The van der Waals surface area contributed by atoms with Gasteiger partial charge in [-0.05, 0) is 45.4 Å². The lowest BCUT2D eigenvalue weighted by molar-refractivity contribution is 0.00578. The minimum Gasteiger partial charge on any atom is -0.456 e. The summed E-state index contributed by atoms with van der Waals surface area (Å²) in [6, 6.07) is 26.9. The second-order valence-electron chi connectivity index (χ2n) is 11.5. The molecule has 3 heterocycles. The lowest BCUT2D eigenvalue weighted by Crippen LogP contribution is -2.41. The molecule has 0 unspecified atom stereocenters. The second-order valence-corrected chi connectivity index (χ2v) is 11.5. The number of hydrogen-bond donors (Lipinski definition) is 0. The van der Waals surface area contributed by atoms with Gasteiger partial charge in [-0.25, -0.2) is 0 Å². The molecule has 1 aliphatic heterocycles. The first-order valence-corrected chi connectivity index (χ1v) is 13.7. The molecule has 1 fully saturated rings. The third-order valence-electron chi connectivity index (χ3n) is 8.20. The smallest absolute Gasteiger partial charge is 0.456 e. The molecule has 6 aromatic rings. The summed E-state index contributed by atoms with van der Waals surface area (Å²) in [6.07, 6.45) is -1.19. The largest absolute Gasteiger partial charge is 0.498 e. The first kappa shape index (κ1) is 28.0. The van der Waals surface area contributed by atoms with Crippen molar-refractivity contribution >= 4 is 100 Å². The Balaban J connectivity index is 0.000000458. The van der Waals surface area contributed by atoms with Crippen molar-refractivity contribution in [2.75, 3.05) is 0 Å². The highest BCUT2D eigenvalue weighted by Gasteiger charge is 2.52. The quantitative estimate of drug-likeness (QED) is 0.300. The van der Waals surface area contributed by atoms with E-state index < -0.39 is 31.1 Å². The Morgan fingerprint density at radius 1 is 0.561 bits per heavy atom. The van der Waals surface area contributed by atoms with Crippen LogP contribution in [0, 0.1) is 0 Å². The summed E-state index contributed by atoms with van der Waals surface area (Å²) in [6.45, 7) is 8.28. The zero-order valence-corrected chi connectivity index (χ0v) is 23.7. The summed E-state index contributed by atoms with van der Waals surface area (Å²) in [7, 11) is 19.3. The monoisotopic (exact) mass is 526 g/mol. The van der Waals surface area contributed by atoms with E-state index in [0.717, 1.165) is 60.5 Å². The van der Waals surface area contributed by atoms with E-state index in [4.69, 9.17) is 49.1 Å². The van der Waals surface area contributed by atoms with Crippen LogP contribution in [0.1, 0.15) is 27.7 Å². The van der Waals surface area contributed by atoms with Crippen LogP contribution >= 0.6 is 0 Å². The first-order chi connectivity index (χ1) is 19.5. The van der Waals surface area contributed by atoms with E-state index in [1.807, 2.05) is 36.4 Å². The van der Waals surface area contributed by atoms with Crippen molar-refractivity contribution in [2.45, 2.75) is 38.9 Å². The van der Waals surface area contributed by atoms with Crippen molar-refractivity contribution in [3.8, 4) is 11.1 Å². The van der Waals surface area contributed by atoms with Crippen molar-refractivity contribution < 1.29 is 18.1 Å². The summed E-state index contributed by atoms with van der Waals surface area (Å²) in [5.74, 6) is 0. The van der Waals surface area contributed by atoms with Gasteiger partial charge in [-0.2, -0.15) is 0 Å². The van der Waals surface area contributed by atoms with Crippen LogP contribution < -0.4 is 5.46 Å². The molecule has 4 nitrogen and oxygen atoms in total. The zero-order chi connectivity index (χ0) is 29.1. The molecular formula is C30H25B7O4. The van der Waals surface area contributed by atoms with Gasteiger partial charge in [0.05, 0.1) is 11.2 Å². The number of para-hydroxylation sites is 3. The van der Waals surface area contributed by atoms with E-state index in [2.05, 4.69) is 70.2 Å². The third kappa shape index (κ3) is 4.77. The molecular weight excluding hydrogens is 500 g/mol. The Kier molecular flexibility index (Phi) is 7.03. The predicted molar refractivity (Wildman–Crippen MR) is 177 cm³/mol. The molecule has 2 aromatic heterocycles. The fraction of sp³-hybridized carbons (Fsp3) is 0.200. The molecule has 0 amide bonds. The fourth-order valence-corrected chi connectivity index (χ4v) is 5.19. The van der Waals surface area contributed by atoms with E-state index in [1.165, 1.54) is 0 Å². The third-order valence-corrected chi connectivity index (χ3v) is 8.20. The average molecular weight is 525 g/mol. The van der Waals surface area contributed by atoms with Crippen molar-refractivity contribution in [3.63, 3.8) is 0 Å². The topological polar surface area (TPSA) is 44.7 Å². The summed E-state index contributed by atoms with van der Waals surface area (Å²) < 4.78 is 25.7. The highest BCUT2D eigenvalue weighted by Crippen LogP contribution is 2.42. The average Bonchev–Trinajstić information content (AvgIpc) is 3.57. The maximum atomic E-state index is 6.47. The van der Waals surface area contributed by atoms with Gasteiger partial charge in [0.15, 0.2) is 0 Å². The van der Waals surface area contributed by atoms with Crippen LogP contribution in [0.3, 0.4) is 0 Å². The maximum absolute atomic E-state index is 6.47. The Bertz CT molecular complexity index is 1870. The van der Waals surface area contributed by atoms with Crippen LogP contribution in [0.5, 0.6) is 0 Å². The Morgan fingerprint density at radius 2 is 1.10 bits per heavy atom. The zero-order valence-electron chi connectivity index (χ0n) is 23.7. The highest BCUT2D eigenvalue weighted by molar-refractivity contribution is 7.76. The predicted octanol–water partition coefficient (Wildman–Crippen LogP) is 5.17. The summed E-state index contributed by atoms with van der Waals surface area (Å²) in [4.78, 5) is 0. The van der Waals surface area contributed by atoms with Gasteiger partial charge in [0.2, 0.25) is 0 Å². The SMILES string of the molecule is CC1(C)OB(c2ccc(-c3cccc4c3oc3ccccc34)c3c2oc2ccccc23)OC1(C)C.[B]B([B])B([B])[B]. The van der Waals surface area contributed by atoms with Crippen LogP contribution in [0.4, 0.5) is 0 Å². The van der Waals surface area contributed by atoms with E-state index in [0.29, 0.717) is 0 Å². The molecule has 4 aromatic carbocycles. The highest BCUT2D eigenvalue weighted by atomic mass is 16.7. The van der Waals surface area contributed by atoms with Gasteiger partial charge < -0.3 is 18.1 Å². The van der Waals surface area contributed by atoms with Gasteiger partial charge in [-0.3, -0.25) is 0 Å². The molecule has 0 bridgehead atoms. The van der Waals surface area contributed by atoms with Gasteiger partial charge in [-0.15, -0.1) is 0 Å². The van der Waals surface area contributed by atoms with Crippen LogP contribution in [0.2, 0.25) is 0 Å². The van der Waals surface area contributed by atoms with Gasteiger partial charge in [0.1, 0.15) is 22.3 Å². The Morgan fingerprint density at radius 3 is 1.73 bits per heavy atom. The summed E-state index contributed by atoms with van der Waals surface area (Å²) in [5.41, 5.74) is 5.52. The molecule has 8 radical (unpaired) electrons. The molecule has 11 heteroatoms. The van der Waals surface area contributed by atoms with E-state index in [-0.39, 0.29) is 0 Å². The number of furan rings is 2. The van der Waals surface area contributed by atoms with Crippen LogP contribution in [-0.2, 0) is 9.31 Å². The standard InChI is InChI=1S/C30H25BO4.B6/c1-29(2)30(3,4)35-31(34-29)23-17-16-19(26-22-11-6-8-15-25(22)33-28(23)26)21-13-9-12-20-18-10-5-7-14-24(18)32-27(20)21;1-5(2)6(3)4/h5-17H,1-4H3;. The van der Waals surface area contributed by atoms with Crippen LogP contribution in [0.15, 0.2) is 87.7 Å². The van der Waals surface area contributed by atoms with Crippen molar-refractivity contribution in [1.82, 2.24) is 0 Å². The van der Waals surface area contributed by atoms with E-state index >= 15 is 0 Å². The number of fused-ring (bicyclic) bond motifs is 6. The van der Waals surface area contributed by atoms with Crippen molar-refractivity contribution in [1.29, 1.82) is 0 Å². The normalized spacial score (nSPS) is 15.9. The van der Waals surface area contributed by atoms with Crippen molar-refractivity contribution in [3.05, 3.63) is 78.9 Å². The molecule has 0 N–H and O–H groups in total. The minimum absolute atomic E-state index is 0.436. The van der Waals surface area contributed by atoms with Gasteiger partial charge in [-0.1, -0.05) is 66.7 Å². The van der Waals surface area contributed by atoms with Crippen LogP contribution in [0.25, 0.3) is 55.0 Å². The number of benzene rings is 4. The Labute approximate surface area is 246 Å². The number of hydrogen-bond acceptors (Lipinski definition) is 4. The summed E-state index contributed by atoms with van der Waals surface area (Å²) >= 11 is 0. The molecule has 0 atom stereocenters. The molecule has 7 rings (SSSR count). The minimum atomic E-state index is -0.593. The lowest BCUT2D eigenvalue weighted by Gasteiger charge is -2.32. The van der Waals surface area contributed by atoms with E-state index in [1.54, 1.807) is 0 Å². The molecule has 1 saturated heterocycles. The van der Waals surface area contributed by atoms with Crippen LogP contribution in [-0.4, -0.2) is 62.0 Å². The molecule has 0 saturated carbocycles. The summed E-state index contributed by atoms with van der Waals surface area (Å²) in [5, 5.41) is 4.32. The molecule has 1 aliphatic rings. The van der Waals surface area contributed by atoms with Gasteiger partial charge in [0, 0.05) is 76.3 Å². The molecule has 190 valence electrons. The molecule has 0 aliphatic carbocycles. The van der Waals surface area contributed by atoms with E-state index in [9.17, 15) is 0 Å². The second kappa shape index (κ2) is 10.3. The molecule has 41 heavy (non-hydrogen) atoms. The lowest BCUT2D eigenvalue weighted by atomic mass is 8.81. The van der Waals surface area contributed by atoms with Crippen molar-refractivity contribution in [2.24, 2.45) is 0 Å². The maximum Gasteiger partial charge on any atom is 0.498 e. The number of rotatable bonds is 3. The Hall–Kier alpha value is -3.15. The fourth-order valence-electron chi connectivity index (χ4n) is 5.19. The molecule has 0 spiro atoms. The van der Waals surface area contributed by atoms with Gasteiger partial charge in [0.25, 0.3) is 0 Å². The van der Waals surface area contributed by atoms with Gasteiger partial charge >= 0.3 is 7.12 Å². The first-order valence-electron chi connectivity index (χ1n) is 13.7.